The van der Waals surface area contributed by atoms with E-state index in [9.17, 15) is 0 Å². The van der Waals surface area contributed by atoms with Crippen molar-refractivity contribution in [3.05, 3.63) is 168 Å². The van der Waals surface area contributed by atoms with Gasteiger partial charge in [-0.2, -0.15) is 0 Å². The summed E-state index contributed by atoms with van der Waals surface area (Å²) in [5.41, 5.74) is 12.1. The highest BCUT2D eigenvalue weighted by Gasteiger charge is 2.54. The average molecular weight is 588 g/mol. The zero-order valence-electron chi connectivity index (χ0n) is 26.0. The van der Waals surface area contributed by atoms with Crippen LogP contribution in [0.3, 0.4) is 0 Å². The average Bonchev–Trinajstić information content (AvgIpc) is 3.58. The molecule has 0 spiro atoms. The van der Waals surface area contributed by atoms with E-state index < -0.39 is 0 Å². The molecule has 0 saturated carbocycles. The van der Waals surface area contributed by atoms with E-state index in [1.165, 1.54) is 82.6 Å². The molecule has 8 aromatic rings. The van der Waals surface area contributed by atoms with E-state index in [4.69, 9.17) is 0 Å². The van der Waals surface area contributed by atoms with Crippen molar-refractivity contribution in [1.29, 1.82) is 0 Å². The highest BCUT2D eigenvalue weighted by Crippen LogP contribution is 2.64. The molecule has 2 unspecified atom stereocenters. The van der Waals surface area contributed by atoms with Gasteiger partial charge < -0.3 is 4.90 Å². The monoisotopic (exact) mass is 587 g/mol. The Bertz CT molecular complexity index is 2470. The Hall–Kier alpha value is -5.40. The predicted octanol–water partition coefficient (Wildman–Crippen LogP) is 12.2. The highest BCUT2D eigenvalue weighted by atomic mass is 15.2. The zero-order chi connectivity index (χ0) is 30.6. The molecular formula is C45H33N. The van der Waals surface area contributed by atoms with Crippen LogP contribution in [0.25, 0.3) is 54.6 Å². The molecule has 1 heteroatoms. The van der Waals surface area contributed by atoms with Gasteiger partial charge in [-0.25, -0.2) is 0 Å². The van der Waals surface area contributed by atoms with Gasteiger partial charge in [0.15, 0.2) is 0 Å². The van der Waals surface area contributed by atoms with Gasteiger partial charge in [-0.3, -0.25) is 0 Å². The second-order valence-electron chi connectivity index (χ2n) is 13.7. The van der Waals surface area contributed by atoms with Crippen LogP contribution < -0.4 is 4.90 Å². The first kappa shape index (κ1) is 25.9. The zero-order valence-corrected chi connectivity index (χ0v) is 26.0. The fraction of sp³-hybridized carbons (Fsp3) is 0.111. The lowest BCUT2D eigenvalue weighted by atomic mass is 9.75. The number of rotatable bonds is 3. The molecule has 10 rings (SSSR count). The Morgan fingerprint density at radius 1 is 0.500 bits per heavy atom. The summed E-state index contributed by atoms with van der Waals surface area (Å²) >= 11 is 0. The minimum atomic E-state index is 0.0500. The molecule has 0 bridgehead atoms. The van der Waals surface area contributed by atoms with Crippen LogP contribution in [0.2, 0.25) is 0 Å². The fourth-order valence-corrected chi connectivity index (χ4v) is 9.10. The Kier molecular flexibility index (Phi) is 5.24. The molecule has 46 heavy (non-hydrogen) atoms. The lowest BCUT2D eigenvalue weighted by Gasteiger charge is -2.30. The summed E-state index contributed by atoms with van der Waals surface area (Å²) in [4.78, 5) is 2.62. The van der Waals surface area contributed by atoms with Crippen molar-refractivity contribution in [2.24, 2.45) is 0 Å². The van der Waals surface area contributed by atoms with Crippen molar-refractivity contribution >= 4 is 43.7 Å². The number of para-hydroxylation sites is 1. The Morgan fingerprint density at radius 3 is 1.83 bits per heavy atom. The van der Waals surface area contributed by atoms with E-state index >= 15 is 0 Å². The molecular weight excluding hydrogens is 555 g/mol. The lowest BCUT2D eigenvalue weighted by Crippen LogP contribution is -2.25. The van der Waals surface area contributed by atoms with Gasteiger partial charge >= 0.3 is 0 Å². The van der Waals surface area contributed by atoms with Crippen molar-refractivity contribution in [1.82, 2.24) is 0 Å². The predicted molar refractivity (Wildman–Crippen MR) is 195 cm³/mol. The van der Waals surface area contributed by atoms with Gasteiger partial charge in [0, 0.05) is 17.3 Å². The number of nitrogens with zero attached hydrogens (tertiary/aromatic N) is 1. The van der Waals surface area contributed by atoms with Crippen LogP contribution in [0.4, 0.5) is 11.4 Å². The van der Waals surface area contributed by atoms with Gasteiger partial charge in [0.25, 0.3) is 0 Å². The summed E-state index contributed by atoms with van der Waals surface area (Å²) in [5, 5.41) is 7.92. The SMILES string of the molecule is CC1(C)c2ccccc2C2C1c1ccccc1N2c1cccc(-c2ccc3ccc4c(-c5ccccc5)ccc5ccc2c3c54)c1. The molecule has 218 valence electrons. The first-order valence-corrected chi connectivity index (χ1v) is 16.4. The molecule has 8 aromatic carbocycles. The number of hydrogen-bond donors (Lipinski definition) is 0. The first-order chi connectivity index (χ1) is 22.6. The maximum absolute atomic E-state index is 2.62. The van der Waals surface area contributed by atoms with E-state index in [2.05, 4.69) is 170 Å². The summed E-state index contributed by atoms with van der Waals surface area (Å²) in [7, 11) is 0. The second-order valence-corrected chi connectivity index (χ2v) is 13.7. The second kappa shape index (κ2) is 9.31. The van der Waals surface area contributed by atoms with Gasteiger partial charge in [-0.15, -0.1) is 0 Å². The lowest BCUT2D eigenvalue weighted by molar-refractivity contribution is 0.420. The quantitative estimate of drug-likeness (QED) is 0.186. The van der Waals surface area contributed by atoms with Crippen LogP contribution in [0.1, 0.15) is 42.5 Å². The Morgan fingerprint density at radius 2 is 1.09 bits per heavy atom. The third-order valence-corrected chi connectivity index (χ3v) is 11.1. The minimum absolute atomic E-state index is 0.0500. The van der Waals surface area contributed by atoms with Crippen LogP contribution in [0, 0.1) is 0 Å². The molecule has 0 aromatic heterocycles. The van der Waals surface area contributed by atoms with Gasteiger partial charge in [0.05, 0.1) is 6.04 Å². The minimum Gasteiger partial charge on any atom is -0.333 e. The summed E-state index contributed by atoms with van der Waals surface area (Å²) < 4.78 is 0. The number of fused-ring (bicyclic) bond motifs is 5. The molecule has 1 aliphatic heterocycles. The third-order valence-electron chi connectivity index (χ3n) is 11.1. The number of hydrogen-bond acceptors (Lipinski definition) is 1. The van der Waals surface area contributed by atoms with Gasteiger partial charge in [-0.05, 0) is 94.9 Å². The van der Waals surface area contributed by atoms with Gasteiger partial charge in [0.1, 0.15) is 0 Å². The van der Waals surface area contributed by atoms with E-state index in [0.29, 0.717) is 5.92 Å². The molecule has 2 atom stereocenters. The molecule has 0 fully saturated rings. The third kappa shape index (κ3) is 3.40. The van der Waals surface area contributed by atoms with Crippen LogP contribution in [0.15, 0.2) is 152 Å². The molecule has 1 heterocycles. The largest absolute Gasteiger partial charge is 0.333 e. The van der Waals surface area contributed by atoms with Crippen molar-refractivity contribution in [2.45, 2.75) is 31.2 Å². The van der Waals surface area contributed by atoms with Crippen molar-refractivity contribution in [3.63, 3.8) is 0 Å². The Balaban J connectivity index is 1.17. The van der Waals surface area contributed by atoms with Crippen LogP contribution >= 0.6 is 0 Å². The molecule has 0 saturated heterocycles. The highest BCUT2D eigenvalue weighted by molar-refractivity contribution is 6.27. The molecule has 0 amide bonds. The topological polar surface area (TPSA) is 3.24 Å². The maximum Gasteiger partial charge on any atom is 0.0672 e. The molecule has 0 N–H and O–H groups in total. The van der Waals surface area contributed by atoms with E-state index in [1.54, 1.807) is 0 Å². The number of benzene rings is 8. The molecule has 0 radical (unpaired) electrons. The van der Waals surface area contributed by atoms with Crippen molar-refractivity contribution < 1.29 is 0 Å². The van der Waals surface area contributed by atoms with E-state index in [1.807, 2.05) is 0 Å². The molecule has 1 nitrogen and oxygen atoms in total. The summed E-state index contributed by atoms with van der Waals surface area (Å²) in [5.74, 6) is 0.401. The number of anilines is 2. The summed E-state index contributed by atoms with van der Waals surface area (Å²) in [6.45, 7) is 4.86. The smallest absolute Gasteiger partial charge is 0.0672 e. The van der Waals surface area contributed by atoms with E-state index in [0.717, 1.165) is 0 Å². The summed E-state index contributed by atoms with van der Waals surface area (Å²) in [6.07, 6.45) is 0. The fourth-order valence-electron chi connectivity index (χ4n) is 9.10. The maximum atomic E-state index is 2.62. The van der Waals surface area contributed by atoms with Crippen LogP contribution in [-0.4, -0.2) is 0 Å². The summed E-state index contributed by atoms with van der Waals surface area (Å²) in [6, 6.07) is 57.0. The van der Waals surface area contributed by atoms with Crippen LogP contribution in [0.5, 0.6) is 0 Å². The van der Waals surface area contributed by atoms with Crippen LogP contribution in [-0.2, 0) is 5.41 Å². The standard InChI is InChI=1S/C45H33N/c1-45(2)39-17-8-6-15-37(39)44-43(45)38-16-7-9-18-40(38)46(44)32-14-10-13-31(27-32)34-24-20-30-21-25-35-33(28-11-4-3-5-12-28)23-19-29-22-26-36(34)42(30)41(29)35/h3-27,43-44H,1-2H3. The normalized spacial score (nSPS) is 17.9. The Labute approximate surface area is 269 Å². The van der Waals surface area contributed by atoms with Crippen molar-refractivity contribution in [3.8, 4) is 22.3 Å². The first-order valence-electron chi connectivity index (χ1n) is 16.4. The van der Waals surface area contributed by atoms with Crippen molar-refractivity contribution in [2.75, 3.05) is 4.90 Å². The van der Waals surface area contributed by atoms with E-state index in [-0.39, 0.29) is 11.5 Å². The molecule has 2 aliphatic rings. The molecule has 1 aliphatic carbocycles. The van der Waals surface area contributed by atoms with Gasteiger partial charge in [0.2, 0.25) is 0 Å². The van der Waals surface area contributed by atoms with Gasteiger partial charge in [-0.1, -0.05) is 147 Å².